The number of amides is 1. The molecule has 0 aliphatic carbocycles. The molecule has 1 unspecified atom stereocenters. The molecule has 5 nitrogen and oxygen atoms in total. The zero-order valence-corrected chi connectivity index (χ0v) is 17.6. The van der Waals surface area contributed by atoms with Crippen LogP contribution < -0.4 is 9.62 Å². The molecule has 1 atom stereocenters. The third-order valence-corrected chi connectivity index (χ3v) is 5.82. The van der Waals surface area contributed by atoms with Crippen molar-refractivity contribution in [2.24, 2.45) is 5.92 Å². The highest BCUT2D eigenvalue weighted by Crippen LogP contribution is 2.32. The molecule has 30 heavy (non-hydrogen) atoms. The fraction of sp³-hybridized carbons (Fsp3) is 0.381. The monoisotopic (exact) mass is 442 g/mol. The molecule has 164 valence electrons. The second-order valence-corrected chi connectivity index (χ2v) is 8.99. The second-order valence-electron chi connectivity index (χ2n) is 7.09. The Balaban J connectivity index is 2.07. The minimum absolute atomic E-state index is 0.150. The molecule has 1 N–H and O–H groups in total. The molecule has 0 aliphatic heterocycles. The molecule has 0 heterocycles. The summed E-state index contributed by atoms with van der Waals surface area (Å²) >= 11 is 0. The minimum Gasteiger partial charge on any atom is -0.354 e. The Morgan fingerprint density at radius 3 is 2.33 bits per heavy atom. The van der Waals surface area contributed by atoms with E-state index in [4.69, 9.17) is 0 Å². The quantitative estimate of drug-likeness (QED) is 0.641. The Hall–Kier alpha value is -2.55. The number of carbonyl (C=O) groups is 1. The smallest absolute Gasteiger partial charge is 0.354 e. The summed E-state index contributed by atoms with van der Waals surface area (Å²) in [4.78, 5) is 12.4. The van der Waals surface area contributed by atoms with Crippen molar-refractivity contribution in [2.45, 2.75) is 25.9 Å². The second kappa shape index (κ2) is 9.97. The summed E-state index contributed by atoms with van der Waals surface area (Å²) in [6.07, 6.45) is -2.21. The van der Waals surface area contributed by atoms with Gasteiger partial charge < -0.3 is 5.32 Å². The van der Waals surface area contributed by atoms with E-state index in [9.17, 15) is 26.4 Å². The molecular weight excluding hydrogens is 417 g/mol. The van der Waals surface area contributed by atoms with Crippen molar-refractivity contribution in [3.05, 3.63) is 65.7 Å². The van der Waals surface area contributed by atoms with E-state index < -0.39 is 34.2 Å². The molecule has 0 bridgehead atoms. The molecule has 0 aromatic heterocycles. The summed E-state index contributed by atoms with van der Waals surface area (Å²) in [5.74, 6) is -0.430. The van der Waals surface area contributed by atoms with Crippen LogP contribution in [0.4, 0.5) is 18.9 Å². The van der Waals surface area contributed by atoms with Gasteiger partial charge in [-0.05, 0) is 36.1 Å². The van der Waals surface area contributed by atoms with Crippen LogP contribution in [0.5, 0.6) is 0 Å². The highest BCUT2D eigenvalue weighted by molar-refractivity contribution is 7.92. The van der Waals surface area contributed by atoms with Gasteiger partial charge in [0.15, 0.2) is 0 Å². The van der Waals surface area contributed by atoms with Crippen molar-refractivity contribution in [2.75, 3.05) is 23.7 Å². The summed E-state index contributed by atoms with van der Waals surface area (Å²) in [5.41, 5.74) is -0.0675. The number of alkyl halides is 3. The first-order valence-electron chi connectivity index (χ1n) is 9.46. The van der Waals surface area contributed by atoms with Crippen molar-refractivity contribution >= 4 is 21.6 Å². The van der Waals surface area contributed by atoms with Gasteiger partial charge in [0.25, 0.3) is 0 Å². The maximum absolute atomic E-state index is 13.0. The Bertz CT molecular complexity index is 947. The number of hydrogen-bond donors (Lipinski definition) is 1. The third kappa shape index (κ3) is 7.05. The summed E-state index contributed by atoms with van der Waals surface area (Å²) in [5, 5.41) is 2.70. The van der Waals surface area contributed by atoms with Gasteiger partial charge in [-0.2, -0.15) is 13.2 Å². The molecule has 0 saturated heterocycles. The van der Waals surface area contributed by atoms with Crippen LogP contribution in [0.15, 0.2) is 54.6 Å². The average Bonchev–Trinajstić information content (AvgIpc) is 2.68. The lowest BCUT2D eigenvalue weighted by molar-refractivity contribution is -0.137. The van der Waals surface area contributed by atoms with Crippen molar-refractivity contribution in [3.8, 4) is 0 Å². The Morgan fingerprint density at radius 2 is 1.77 bits per heavy atom. The summed E-state index contributed by atoms with van der Waals surface area (Å²) in [7, 11) is -3.96. The van der Waals surface area contributed by atoms with Crippen molar-refractivity contribution in [3.63, 3.8) is 0 Å². The van der Waals surface area contributed by atoms with E-state index in [-0.39, 0.29) is 11.6 Å². The predicted molar refractivity (Wildman–Crippen MR) is 111 cm³/mol. The maximum atomic E-state index is 13.0. The number of hydrogen-bond acceptors (Lipinski definition) is 3. The largest absolute Gasteiger partial charge is 0.416 e. The maximum Gasteiger partial charge on any atom is 0.416 e. The lowest BCUT2D eigenvalue weighted by Crippen LogP contribution is -2.42. The van der Waals surface area contributed by atoms with Gasteiger partial charge in [-0.3, -0.25) is 9.10 Å². The molecule has 0 radical (unpaired) electrons. The molecule has 9 heteroatoms. The van der Waals surface area contributed by atoms with E-state index in [0.717, 1.165) is 42.9 Å². The van der Waals surface area contributed by atoms with E-state index in [2.05, 4.69) is 5.32 Å². The lowest BCUT2D eigenvalue weighted by Gasteiger charge is -2.23. The van der Waals surface area contributed by atoms with Gasteiger partial charge in [-0.1, -0.05) is 49.7 Å². The SMILES string of the molecule is CCC(CNC(=O)CN(c1cccc(C(F)(F)F)c1)S(C)(=O)=O)Cc1ccccc1. The van der Waals surface area contributed by atoms with Crippen LogP contribution >= 0.6 is 0 Å². The molecule has 2 rings (SSSR count). The first-order chi connectivity index (χ1) is 14.0. The van der Waals surface area contributed by atoms with Crippen molar-refractivity contribution < 1.29 is 26.4 Å². The van der Waals surface area contributed by atoms with Crippen LogP contribution in [0.25, 0.3) is 0 Å². The number of sulfonamides is 1. The lowest BCUT2D eigenvalue weighted by atomic mass is 9.97. The molecule has 0 aliphatic rings. The molecule has 2 aromatic rings. The summed E-state index contributed by atoms with van der Waals surface area (Å²) < 4.78 is 63.8. The van der Waals surface area contributed by atoms with Gasteiger partial charge >= 0.3 is 6.18 Å². The van der Waals surface area contributed by atoms with Crippen LogP contribution in [0.2, 0.25) is 0 Å². The average molecular weight is 443 g/mol. The van der Waals surface area contributed by atoms with Crippen LogP contribution in [-0.4, -0.2) is 33.7 Å². The number of benzene rings is 2. The van der Waals surface area contributed by atoms with E-state index >= 15 is 0 Å². The fourth-order valence-electron chi connectivity index (χ4n) is 2.99. The number of nitrogens with one attached hydrogen (secondary N) is 1. The van der Waals surface area contributed by atoms with E-state index in [1.165, 1.54) is 6.07 Å². The van der Waals surface area contributed by atoms with Gasteiger partial charge in [0, 0.05) is 6.54 Å². The standard InChI is InChI=1S/C21H25F3N2O3S/c1-3-16(12-17-8-5-4-6-9-17)14-25-20(27)15-26(30(2,28)29)19-11-7-10-18(13-19)21(22,23)24/h4-11,13,16H,3,12,14-15H2,1-2H3,(H,25,27). The number of nitrogens with zero attached hydrogens (tertiary/aromatic N) is 1. The molecule has 2 aromatic carbocycles. The van der Waals surface area contributed by atoms with Crippen LogP contribution in [-0.2, 0) is 27.4 Å². The third-order valence-electron chi connectivity index (χ3n) is 4.68. The molecule has 1 amide bonds. The van der Waals surface area contributed by atoms with Gasteiger partial charge in [0.1, 0.15) is 6.54 Å². The normalized spacial score (nSPS) is 13.0. The van der Waals surface area contributed by atoms with E-state index in [0.29, 0.717) is 10.8 Å². The van der Waals surface area contributed by atoms with Crippen LogP contribution in [0, 0.1) is 5.92 Å². The van der Waals surface area contributed by atoms with E-state index in [1.54, 1.807) is 0 Å². The number of halogens is 3. The molecule has 0 spiro atoms. The highest BCUT2D eigenvalue weighted by Gasteiger charge is 2.32. The van der Waals surface area contributed by atoms with Crippen molar-refractivity contribution in [1.29, 1.82) is 0 Å². The number of anilines is 1. The van der Waals surface area contributed by atoms with Gasteiger partial charge in [-0.25, -0.2) is 8.42 Å². The molecular formula is C21H25F3N2O3S. The van der Waals surface area contributed by atoms with Crippen LogP contribution in [0.1, 0.15) is 24.5 Å². The zero-order valence-electron chi connectivity index (χ0n) is 16.8. The summed E-state index contributed by atoms with van der Waals surface area (Å²) in [6, 6.07) is 13.7. The van der Waals surface area contributed by atoms with Gasteiger partial charge in [-0.15, -0.1) is 0 Å². The van der Waals surface area contributed by atoms with Gasteiger partial charge in [0.2, 0.25) is 15.9 Å². The first kappa shape index (κ1) is 23.7. The minimum atomic E-state index is -4.62. The van der Waals surface area contributed by atoms with E-state index in [1.807, 2.05) is 37.3 Å². The van der Waals surface area contributed by atoms with Crippen molar-refractivity contribution in [1.82, 2.24) is 5.32 Å². The zero-order chi connectivity index (χ0) is 22.4. The summed E-state index contributed by atoms with van der Waals surface area (Å²) in [6.45, 7) is 1.73. The number of rotatable bonds is 9. The first-order valence-corrected chi connectivity index (χ1v) is 11.3. The predicted octanol–water partition coefficient (Wildman–Crippen LogP) is 3.86. The topological polar surface area (TPSA) is 66.5 Å². The Morgan fingerprint density at radius 1 is 1.10 bits per heavy atom. The van der Waals surface area contributed by atoms with Crippen LogP contribution in [0.3, 0.4) is 0 Å². The molecule has 0 saturated carbocycles. The van der Waals surface area contributed by atoms with Gasteiger partial charge in [0.05, 0.1) is 17.5 Å². The highest BCUT2D eigenvalue weighted by atomic mass is 32.2. The Labute approximate surface area is 175 Å². The Kier molecular flexibility index (Phi) is 7.89. The number of carbonyl (C=O) groups excluding carboxylic acids is 1. The molecule has 0 fully saturated rings. The fourth-order valence-corrected chi connectivity index (χ4v) is 3.84.